The highest BCUT2D eigenvalue weighted by molar-refractivity contribution is 7.89. The van der Waals surface area contributed by atoms with Crippen LogP contribution < -0.4 is 0 Å². The molecule has 0 spiro atoms. The molecule has 0 bridgehead atoms. The van der Waals surface area contributed by atoms with Crippen LogP contribution in [0.4, 0.5) is 0 Å². The topological polar surface area (TPSA) is 76.4 Å². The van der Waals surface area contributed by atoms with Gasteiger partial charge in [-0.2, -0.15) is 0 Å². The van der Waals surface area contributed by atoms with Crippen LogP contribution in [0.2, 0.25) is 5.15 Å². The number of halogens is 1. The number of carboxylic acid groups (broad SMARTS) is 1. The van der Waals surface area contributed by atoms with Gasteiger partial charge in [0, 0.05) is 6.20 Å². The zero-order chi connectivity index (χ0) is 12.5. The van der Waals surface area contributed by atoms with Crippen molar-refractivity contribution in [2.24, 2.45) is 0 Å². The molecule has 1 atom stereocenters. The van der Waals surface area contributed by atoms with Crippen LogP contribution in [0, 0.1) is 0 Å². The van der Waals surface area contributed by atoms with Crippen molar-refractivity contribution in [3.05, 3.63) is 23.0 Å². The van der Waals surface area contributed by atoms with Gasteiger partial charge in [0.15, 0.2) is 0 Å². The summed E-state index contributed by atoms with van der Waals surface area (Å²) in [4.78, 5) is 10.5. The second-order valence-electron chi connectivity index (χ2n) is 3.65. The minimum absolute atomic E-state index is 0.0646. The van der Waals surface area contributed by atoms with E-state index in [1.54, 1.807) is 6.92 Å². The van der Waals surface area contributed by atoms with E-state index in [1.165, 1.54) is 12.3 Å². The van der Waals surface area contributed by atoms with E-state index in [2.05, 4.69) is 0 Å². The average molecular weight is 266 g/mol. The first-order chi connectivity index (χ1) is 7.21. The van der Waals surface area contributed by atoms with E-state index in [-0.39, 0.29) is 17.5 Å². The summed E-state index contributed by atoms with van der Waals surface area (Å²) in [5, 5.41) is 8.69. The molecule has 1 N–H and O–H groups in total. The van der Waals surface area contributed by atoms with Crippen LogP contribution in [-0.2, 0) is 14.8 Å². The Morgan fingerprint density at radius 2 is 2.19 bits per heavy atom. The molecule has 1 aromatic rings. The Labute approximate surface area is 98.7 Å². The maximum Gasteiger partial charge on any atom is 0.303 e. The van der Waals surface area contributed by atoms with Crippen LogP contribution in [0.15, 0.2) is 12.3 Å². The van der Waals surface area contributed by atoms with Gasteiger partial charge in [-0.15, -0.1) is 0 Å². The maximum absolute atomic E-state index is 11.3. The van der Waals surface area contributed by atoms with Crippen molar-refractivity contribution in [1.82, 2.24) is 3.97 Å². The number of hydrogen-bond donors (Lipinski definition) is 1. The summed E-state index contributed by atoms with van der Waals surface area (Å²) < 4.78 is 23.5. The van der Waals surface area contributed by atoms with Gasteiger partial charge in [-0.1, -0.05) is 18.5 Å². The van der Waals surface area contributed by atoms with Gasteiger partial charge >= 0.3 is 5.97 Å². The fourth-order valence-corrected chi connectivity index (χ4v) is 2.57. The molecule has 0 saturated heterocycles. The van der Waals surface area contributed by atoms with Gasteiger partial charge in [0.25, 0.3) is 0 Å². The van der Waals surface area contributed by atoms with Crippen LogP contribution in [0.25, 0.3) is 0 Å². The molecule has 90 valence electrons. The predicted octanol–water partition coefficient (Wildman–Crippen LogP) is 1.53. The first kappa shape index (κ1) is 13.1. The third-order valence-corrected chi connectivity index (χ3v) is 3.58. The molecule has 0 aromatic carbocycles. The monoisotopic (exact) mass is 265 g/mol. The molecular weight excluding hydrogens is 254 g/mol. The van der Waals surface area contributed by atoms with E-state index in [9.17, 15) is 13.2 Å². The van der Waals surface area contributed by atoms with Gasteiger partial charge in [0.05, 0.1) is 12.7 Å². The zero-order valence-corrected chi connectivity index (χ0v) is 10.4. The molecular formula is C9H12ClNO4S. The molecule has 1 rings (SSSR count). The zero-order valence-electron chi connectivity index (χ0n) is 8.84. The van der Waals surface area contributed by atoms with Crippen LogP contribution in [0.3, 0.4) is 0 Å². The smallest absolute Gasteiger partial charge is 0.303 e. The Morgan fingerprint density at radius 1 is 1.62 bits per heavy atom. The van der Waals surface area contributed by atoms with Crippen molar-refractivity contribution < 1.29 is 18.3 Å². The molecule has 0 aliphatic rings. The molecule has 0 aliphatic heterocycles. The SMILES string of the molecule is CC(CC(=O)O)c1cc(Cl)n(S(C)(=O)=O)c1. The fourth-order valence-electron chi connectivity index (χ4n) is 1.34. The van der Waals surface area contributed by atoms with Crippen molar-refractivity contribution in [3.8, 4) is 0 Å². The van der Waals surface area contributed by atoms with Crippen LogP contribution in [0.1, 0.15) is 24.8 Å². The minimum Gasteiger partial charge on any atom is -0.481 e. The quantitative estimate of drug-likeness (QED) is 0.896. The van der Waals surface area contributed by atoms with E-state index in [0.717, 1.165) is 10.2 Å². The van der Waals surface area contributed by atoms with E-state index >= 15 is 0 Å². The number of hydrogen-bond acceptors (Lipinski definition) is 3. The van der Waals surface area contributed by atoms with Gasteiger partial charge in [-0.25, -0.2) is 12.4 Å². The normalized spacial score (nSPS) is 13.7. The summed E-state index contributed by atoms with van der Waals surface area (Å²) in [6.07, 6.45) is 2.32. The lowest BCUT2D eigenvalue weighted by Crippen LogP contribution is -2.08. The number of nitrogens with zero attached hydrogens (tertiary/aromatic N) is 1. The molecule has 0 aliphatic carbocycles. The van der Waals surface area contributed by atoms with Crippen molar-refractivity contribution >= 4 is 27.6 Å². The average Bonchev–Trinajstić information content (AvgIpc) is 2.44. The Kier molecular flexibility index (Phi) is 3.64. The van der Waals surface area contributed by atoms with E-state index in [4.69, 9.17) is 16.7 Å². The molecule has 1 unspecified atom stereocenters. The largest absolute Gasteiger partial charge is 0.481 e. The second kappa shape index (κ2) is 4.47. The molecule has 0 radical (unpaired) electrons. The van der Waals surface area contributed by atoms with Gasteiger partial charge in [-0.3, -0.25) is 4.79 Å². The number of aliphatic carboxylic acids is 1. The fraction of sp³-hybridized carbons (Fsp3) is 0.444. The highest BCUT2D eigenvalue weighted by atomic mass is 35.5. The molecule has 7 heteroatoms. The van der Waals surface area contributed by atoms with Gasteiger partial charge < -0.3 is 5.11 Å². The number of carbonyl (C=O) groups is 1. The maximum atomic E-state index is 11.3. The summed E-state index contributed by atoms with van der Waals surface area (Å²) in [6.45, 7) is 1.70. The predicted molar refractivity (Wildman–Crippen MR) is 60.4 cm³/mol. The van der Waals surface area contributed by atoms with Crippen LogP contribution in [0.5, 0.6) is 0 Å². The molecule has 0 saturated carbocycles. The highest BCUT2D eigenvalue weighted by Gasteiger charge is 2.17. The summed E-state index contributed by atoms with van der Waals surface area (Å²) in [5.74, 6) is -1.21. The van der Waals surface area contributed by atoms with E-state index in [1.807, 2.05) is 0 Å². The molecule has 1 heterocycles. The minimum atomic E-state index is -3.44. The Morgan fingerprint density at radius 3 is 2.56 bits per heavy atom. The molecule has 0 fully saturated rings. The Bertz CT molecular complexity index is 506. The Balaban J connectivity index is 3.06. The third kappa shape index (κ3) is 2.99. The van der Waals surface area contributed by atoms with E-state index in [0.29, 0.717) is 5.56 Å². The highest BCUT2D eigenvalue weighted by Crippen LogP contribution is 2.25. The van der Waals surface area contributed by atoms with Gasteiger partial charge in [-0.05, 0) is 17.5 Å². The molecule has 16 heavy (non-hydrogen) atoms. The number of carboxylic acids is 1. The van der Waals surface area contributed by atoms with Crippen LogP contribution in [-0.4, -0.2) is 29.7 Å². The summed E-state index contributed by atoms with van der Waals surface area (Å²) in [7, 11) is -3.44. The summed E-state index contributed by atoms with van der Waals surface area (Å²) in [6, 6.07) is 1.47. The lowest BCUT2D eigenvalue weighted by atomic mass is 10.0. The van der Waals surface area contributed by atoms with Crippen LogP contribution >= 0.6 is 11.6 Å². The first-order valence-corrected chi connectivity index (χ1v) is 6.74. The molecule has 1 aromatic heterocycles. The lowest BCUT2D eigenvalue weighted by molar-refractivity contribution is -0.137. The van der Waals surface area contributed by atoms with Crippen molar-refractivity contribution in [2.75, 3.05) is 6.26 Å². The first-order valence-electron chi connectivity index (χ1n) is 4.52. The number of aromatic nitrogens is 1. The molecule has 0 amide bonds. The third-order valence-electron chi connectivity index (χ3n) is 2.17. The number of rotatable bonds is 4. The van der Waals surface area contributed by atoms with Gasteiger partial charge in [0.1, 0.15) is 5.15 Å². The Hall–Kier alpha value is -1.01. The van der Waals surface area contributed by atoms with E-state index < -0.39 is 16.0 Å². The van der Waals surface area contributed by atoms with Crippen molar-refractivity contribution in [2.45, 2.75) is 19.3 Å². The lowest BCUT2D eigenvalue weighted by Gasteiger charge is -2.04. The molecule has 5 nitrogen and oxygen atoms in total. The van der Waals surface area contributed by atoms with Crippen molar-refractivity contribution in [1.29, 1.82) is 0 Å². The summed E-state index contributed by atoms with van der Waals surface area (Å²) in [5.41, 5.74) is 0.595. The van der Waals surface area contributed by atoms with Gasteiger partial charge in [0.2, 0.25) is 10.0 Å². The van der Waals surface area contributed by atoms with Crippen molar-refractivity contribution in [3.63, 3.8) is 0 Å². The summed E-state index contributed by atoms with van der Waals surface area (Å²) >= 11 is 5.75. The standard InChI is InChI=1S/C9H12ClNO4S/c1-6(3-9(12)13)7-4-8(10)11(5-7)16(2,14)15/h4-6H,3H2,1-2H3,(H,12,13). The second-order valence-corrected chi connectivity index (χ2v) is 5.90.